The second kappa shape index (κ2) is 10.1. The van der Waals surface area contributed by atoms with Gasteiger partial charge in [-0.15, -0.1) is 0 Å². The van der Waals surface area contributed by atoms with E-state index >= 15 is 0 Å². The highest BCUT2D eigenvalue weighted by molar-refractivity contribution is 7.92. The molecule has 0 aliphatic carbocycles. The highest BCUT2D eigenvalue weighted by Crippen LogP contribution is 2.29. The number of sulfonamides is 1. The summed E-state index contributed by atoms with van der Waals surface area (Å²) in [7, 11) is -7.73. The van der Waals surface area contributed by atoms with Crippen molar-refractivity contribution in [2.75, 3.05) is 6.54 Å². The zero-order valence-electron chi connectivity index (χ0n) is 17.8. The van der Waals surface area contributed by atoms with Gasteiger partial charge in [0, 0.05) is 24.0 Å². The quantitative estimate of drug-likeness (QED) is 0.475. The Hall–Kier alpha value is -2.26. The monoisotopic (exact) mass is 492 g/mol. The van der Waals surface area contributed by atoms with Crippen LogP contribution in [0, 0.1) is 0 Å². The third-order valence-electron chi connectivity index (χ3n) is 5.10. The third-order valence-corrected chi connectivity index (χ3v) is 8.88. The highest BCUT2D eigenvalue weighted by Gasteiger charge is 2.31. The molecule has 0 bridgehead atoms. The number of sulfone groups is 1. The largest absolute Gasteiger partial charge is 0.264 e. The predicted molar refractivity (Wildman–Crippen MR) is 127 cm³/mol. The lowest BCUT2D eigenvalue weighted by molar-refractivity contribution is 0.568. The van der Waals surface area contributed by atoms with Gasteiger partial charge in [-0.25, -0.2) is 21.6 Å². The Morgan fingerprint density at radius 2 is 1.59 bits per heavy atom. The summed E-state index contributed by atoms with van der Waals surface area (Å²) in [5.74, 6) is -0.0901. The van der Waals surface area contributed by atoms with Gasteiger partial charge in [0.05, 0.1) is 10.6 Å². The summed E-state index contributed by atoms with van der Waals surface area (Å²) >= 11 is 6.08. The van der Waals surface area contributed by atoms with Crippen LogP contribution in [0.1, 0.15) is 41.7 Å². The van der Waals surface area contributed by atoms with Crippen molar-refractivity contribution >= 4 is 31.5 Å². The number of hydrogen-bond donors (Lipinski definition) is 1. The van der Waals surface area contributed by atoms with E-state index in [9.17, 15) is 16.8 Å². The third kappa shape index (κ3) is 5.95. The second-order valence-electron chi connectivity index (χ2n) is 7.74. The Morgan fingerprint density at radius 3 is 2.19 bits per heavy atom. The Bertz CT molecular complexity index is 1260. The van der Waals surface area contributed by atoms with Crippen molar-refractivity contribution in [2.24, 2.45) is 0 Å². The number of hydrogen-bond acceptors (Lipinski definition) is 5. The zero-order valence-corrected chi connectivity index (χ0v) is 20.2. The van der Waals surface area contributed by atoms with E-state index in [4.69, 9.17) is 11.6 Å². The lowest BCUT2D eigenvalue weighted by Crippen LogP contribution is -2.33. The van der Waals surface area contributed by atoms with Crippen LogP contribution in [0.4, 0.5) is 0 Å². The molecule has 0 fully saturated rings. The van der Waals surface area contributed by atoms with Crippen molar-refractivity contribution in [2.45, 2.75) is 35.7 Å². The van der Waals surface area contributed by atoms with Gasteiger partial charge in [-0.2, -0.15) is 0 Å². The molecule has 170 valence electrons. The molecule has 0 aliphatic rings. The number of aromatic nitrogens is 1. The van der Waals surface area contributed by atoms with Crippen LogP contribution in [0.3, 0.4) is 0 Å². The molecule has 2 aromatic carbocycles. The van der Waals surface area contributed by atoms with Crippen molar-refractivity contribution in [1.82, 2.24) is 9.71 Å². The summed E-state index contributed by atoms with van der Waals surface area (Å²) in [6, 6.07) is 16.6. The summed E-state index contributed by atoms with van der Waals surface area (Å²) in [6.45, 7) is 3.72. The average molecular weight is 493 g/mol. The number of benzene rings is 2. The molecule has 0 radical (unpaired) electrons. The summed E-state index contributed by atoms with van der Waals surface area (Å²) in [5.41, 5.74) is 1.86. The number of rotatable bonds is 9. The summed E-state index contributed by atoms with van der Waals surface area (Å²) in [5, 5.41) is -0.804. The first-order chi connectivity index (χ1) is 15.1. The van der Waals surface area contributed by atoms with Gasteiger partial charge < -0.3 is 0 Å². The second-order valence-corrected chi connectivity index (χ2v) is 12.1. The minimum Gasteiger partial charge on any atom is -0.264 e. The van der Waals surface area contributed by atoms with Crippen molar-refractivity contribution in [3.8, 4) is 0 Å². The van der Waals surface area contributed by atoms with Gasteiger partial charge in [-0.05, 0) is 46.9 Å². The van der Waals surface area contributed by atoms with E-state index in [-0.39, 0.29) is 23.1 Å². The molecule has 0 amide bonds. The molecule has 1 aromatic heterocycles. The molecule has 6 nitrogen and oxygen atoms in total. The van der Waals surface area contributed by atoms with Crippen LogP contribution in [-0.4, -0.2) is 28.4 Å². The molecule has 3 aromatic rings. The Balaban J connectivity index is 1.89. The Labute approximate surface area is 194 Å². The molecule has 0 saturated carbocycles. The van der Waals surface area contributed by atoms with Gasteiger partial charge >= 0.3 is 0 Å². The van der Waals surface area contributed by atoms with Crippen LogP contribution in [0.25, 0.3) is 0 Å². The van der Waals surface area contributed by atoms with Crippen molar-refractivity contribution in [1.29, 1.82) is 0 Å². The molecule has 1 heterocycles. The zero-order chi connectivity index (χ0) is 23.4. The number of nitrogens with zero attached hydrogens (tertiary/aromatic N) is 1. The van der Waals surface area contributed by atoms with E-state index in [1.807, 2.05) is 13.8 Å². The van der Waals surface area contributed by atoms with E-state index in [1.165, 1.54) is 12.4 Å². The average Bonchev–Trinajstić information content (AvgIpc) is 2.76. The highest BCUT2D eigenvalue weighted by atomic mass is 35.5. The fourth-order valence-electron chi connectivity index (χ4n) is 3.25. The van der Waals surface area contributed by atoms with E-state index < -0.39 is 25.1 Å². The fraction of sp³-hybridized carbons (Fsp3) is 0.261. The lowest BCUT2D eigenvalue weighted by Gasteiger charge is -2.19. The maximum atomic E-state index is 13.5. The molecule has 32 heavy (non-hydrogen) atoms. The van der Waals surface area contributed by atoms with E-state index in [2.05, 4.69) is 9.71 Å². The van der Waals surface area contributed by atoms with Crippen LogP contribution in [0.2, 0.25) is 5.02 Å². The molecule has 0 aliphatic heterocycles. The molecule has 0 saturated heterocycles. The first kappa shape index (κ1) is 24.4. The lowest BCUT2D eigenvalue weighted by atomic mass is 10.0. The first-order valence-electron chi connectivity index (χ1n) is 10.0. The minimum atomic E-state index is -3.89. The van der Waals surface area contributed by atoms with E-state index in [0.717, 1.165) is 5.56 Å². The van der Waals surface area contributed by atoms with Crippen LogP contribution >= 0.6 is 11.6 Å². The molecular formula is C23H25ClN2O4S2. The standard InChI is InChI=1S/C23H25ClN2O4S2/c1-17(2)18-9-11-21(12-10-18)32(29,30)23(19-7-5-13-25-14-19)15-26-31(27,28)16-20-6-3-4-8-22(20)24/h3-14,17,23,26H,15-16H2,1-2H3. The number of halogens is 1. The summed E-state index contributed by atoms with van der Waals surface area (Å²) < 4.78 is 54.7. The maximum Gasteiger partial charge on any atom is 0.215 e. The Morgan fingerprint density at radius 1 is 0.906 bits per heavy atom. The molecule has 9 heteroatoms. The predicted octanol–water partition coefficient (Wildman–Crippen LogP) is 4.49. The Kier molecular flexibility index (Phi) is 7.71. The number of nitrogens with one attached hydrogen (secondary N) is 1. The summed E-state index contributed by atoms with van der Waals surface area (Å²) in [6.07, 6.45) is 2.97. The van der Waals surface area contributed by atoms with E-state index in [1.54, 1.807) is 60.7 Å². The molecule has 1 atom stereocenters. The van der Waals surface area contributed by atoms with Crippen molar-refractivity contribution in [3.63, 3.8) is 0 Å². The molecule has 3 rings (SSSR count). The van der Waals surface area contributed by atoms with Crippen LogP contribution in [0.5, 0.6) is 0 Å². The van der Waals surface area contributed by atoms with Crippen molar-refractivity contribution in [3.05, 3.63) is 94.8 Å². The molecule has 1 unspecified atom stereocenters. The van der Waals surface area contributed by atoms with Gasteiger partial charge in [0.15, 0.2) is 9.84 Å². The number of pyridine rings is 1. The normalized spacial score (nSPS) is 13.2. The van der Waals surface area contributed by atoms with Gasteiger partial charge in [0.25, 0.3) is 0 Å². The SMILES string of the molecule is CC(C)c1ccc(S(=O)(=O)C(CNS(=O)(=O)Cc2ccccc2Cl)c2cccnc2)cc1. The topological polar surface area (TPSA) is 93.2 Å². The summed E-state index contributed by atoms with van der Waals surface area (Å²) in [4.78, 5) is 4.14. The molecular weight excluding hydrogens is 468 g/mol. The minimum absolute atomic E-state index is 0.126. The van der Waals surface area contributed by atoms with Crippen molar-refractivity contribution < 1.29 is 16.8 Å². The maximum absolute atomic E-state index is 13.5. The fourth-order valence-corrected chi connectivity index (χ4v) is 6.47. The van der Waals surface area contributed by atoms with Gasteiger partial charge in [-0.1, -0.05) is 61.8 Å². The smallest absolute Gasteiger partial charge is 0.215 e. The van der Waals surface area contributed by atoms with Crippen LogP contribution in [-0.2, 0) is 25.6 Å². The first-order valence-corrected chi connectivity index (χ1v) is 13.6. The molecule has 1 N–H and O–H groups in total. The van der Waals surface area contributed by atoms with Crippen LogP contribution in [0.15, 0.2) is 78.0 Å². The van der Waals surface area contributed by atoms with Crippen LogP contribution < -0.4 is 4.72 Å². The van der Waals surface area contributed by atoms with Gasteiger partial charge in [0.2, 0.25) is 10.0 Å². The molecule has 0 spiro atoms. The van der Waals surface area contributed by atoms with E-state index in [0.29, 0.717) is 16.1 Å². The van der Waals surface area contributed by atoms with Gasteiger partial charge in [-0.3, -0.25) is 4.98 Å². The van der Waals surface area contributed by atoms with Gasteiger partial charge in [0.1, 0.15) is 5.25 Å².